The van der Waals surface area contributed by atoms with Crippen LogP contribution < -0.4 is 5.73 Å². The number of nitrogens with two attached hydrogens (primary N) is 1. The van der Waals surface area contributed by atoms with E-state index in [1.807, 2.05) is 0 Å². The van der Waals surface area contributed by atoms with Gasteiger partial charge in [-0.15, -0.1) is 12.4 Å². The number of hydrogen-bond acceptors (Lipinski definition) is 2. The maximum Gasteiger partial charge on any atom is 0.0585 e. The lowest BCUT2D eigenvalue weighted by Crippen LogP contribution is -2.34. The Labute approximate surface area is 74.6 Å². The third-order valence-electron chi connectivity index (χ3n) is 2.47. The van der Waals surface area contributed by atoms with Gasteiger partial charge < -0.3 is 10.8 Å². The van der Waals surface area contributed by atoms with Gasteiger partial charge in [-0.25, -0.2) is 0 Å². The van der Waals surface area contributed by atoms with E-state index in [4.69, 9.17) is 10.8 Å². The van der Waals surface area contributed by atoms with Crippen molar-refractivity contribution in [2.45, 2.75) is 38.1 Å². The lowest BCUT2D eigenvalue weighted by Gasteiger charge is -2.25. The Morgan fingerprint density at radius 3 is 2.27 bits per heavy atom. The minimum Gasteiger partial charge on any atom is -0.395 e. The van der Waals surface area contributed by atoms with Crippen molar-refractivity contribution in [3.63, 3.8) is 0 Å². The largest absolute Gasteiger partial charge is 0.395 e. The van der Waals surface area contributed by atoms with Gasteiger partial charge in [0, 0.05) is 6.04 Å². The molecule has 3 heteroatoms. The van der Waals surface area contributed by atoms with E-state index in [0.29, 0.717) is 5.92 Å². The van der Waals surface area contributed by atoms with E-state index in [0.717, 1.165) is 0 Å². The van der Waals surface area contributed by atoms with E-state index in [2.05, 4.69) is 0 Å². The molecule has 1 fully saturated rings. The second kappa shape index (κ2) is 5.81. The molecule has 0 heterocycles. The minimum absolute atomic E-state index is 0. The molecule has 3 N–H and O–H groups in total. The van der Waals surface area contributed by atoms with Crippen molar-refractivity contribution in [1.82, 2.24) is 0 Å². The molecule has 0 spiro atoms. The molecule has 0 aromatic heterocycles. The molecule has 0 aromatic rings. The number of aliphatic hydroxyl groups excluding tert-OH is 1. The molecule has 68 valence electrons. The summed E-state index contributed by atoms with van der Waals surface area (Å²) in [5, 5.41) is 8.76. The Balaban J connectivity index is 0.000001000. The van der Waals surface area contributed by atoms with Gasteiger partial charge in [0.15, 0.2) is 0 Å². The van der Waals surface area contributed by atoms with Crippen LogP contribution in [0.2, 0.25) is 0 Å². The maximum atomic E-state index is 8.76. The molecule has 0 amide bonds. The summed E-state index contributed by atoms with van der Waals surface area (Å²) in [6, 6.07) is 0.0419. The van der Waals surface area contributed by atoms with Crippen LogP contribution in [0.5, 0.6) is 0 Å². The smallest absolute Gasteiger partial charge is 0.0585 e. The molecule has 0 unspecified atom stereocenters. The third-order valence-corrected chi connectivity index (χ3v) is 2.47. The lowest BCUT2D eigenvalue weighted by atomic mass is 9.85. The van der Waals surface area contributed by atoms with Crippen LogP contribution in [0.3, 0.4) is 0 Å². The Kier molecular flexibility index (Phi) is 5.92. The van der Waals surface area contributed by atoms with Gasteiger partial charge in [-0.05, 0) is 18.8 Å². The predicted octanol–water partition coefficient (Wildman–Crippen LogP) is 1.31. The highest BCUT2D eigenvalue weighted by atomic mass is 35.5. The molecule has 1 aliphatic rings. The van der Waals surface area contributed by atoms with Gasteiger partial charge in [0.05, 0.1) is 6.61 Å². The summed E-state index contributed by atoms with van der Waals surface area (Å²) in [4.78, 5) is 0. The average molecular weight is 180 g/mol. The van der Waals surface area contributed by atoms with Crippen LogP contribution in [-0.2, 0) is 0 Å². The summed E-state index contributed by atoms with van der Waals surface area (Å²) >= 11 is 0. The van der Waals surface area contributed by atoms with Gasteiger partial charge in [-0.2, -0.15) is 0 Å². The first-order valence-corrected chi connectivity index (χ1v) is 4.21. The summed E-state index contributed by atoms with van der Waals surface area (Å²) in [6.45, 7) is 0.157. The number of rotatable bonds is 2. The number of aliphatic hydroxyl groups is 1. The molecule has 1 rings (SSSR count). The lowest BCUT2D eigenvalue weighted by molar-refractivity contribution is 0.198. The topological polar surface area (TPSA) is 46.2 Å². The molecule has 11 heavy (non-hydrogen) atoms. The molecule has 0 bridgehead atoms. The van der Waals surface area contributed by atoms with Crippen molar-refractivity contribution in [1.29, 1.82) is 0 Å². The molecule has 0 radical (unpaired) electrons. The highest BCUT2D eigenvalue weighted by Crippen LogP contribution is 2.25. The molecule has 0 saturated heterocycles. The summed E-state index contributed by atoms with van der Waals surface area (Å²) in [6.07, 6.45) is 6.41. The molecular weight excluding hydrogens is 162 g/mol. The first-order valence-electron chi connectivity index (χ1n) is 4.21. The summed E-state index contributed by atoms with van der Waals surface area (Å²) in [5.74, 6) is 0.596. The van der Waals surface area contributed by atoms with Gasteiger partial charge in [0.2, 0.25) is 0 Å². The fraction of sp³-hybridized carbons (Fsp3) is 1.00. The van der Waals surface area contributed by atoms with Crippen molar-refractivity contribution in [2.24, 2.45) is 11.7 Å². The standard InChI is InChI=1S/C8H17NO.ClH/c9-8(6-10)7-4-2-1-3-5-7;/h7-8,10H,1-6,9H2;1H/t8-;/m1./s1. The molecule has 0 aromatic carbocycles. The van der Waals surface area contributed by atoms with E-state index in [1.165, 1.54) is 32.1 Å². The zero-order valence-electron chi connectivity index (χ0n) is 6.83. The summed E-state index contributed by atoms with van der Waals surface area (Å²) in [7, 11) is 0. The second-order valence-corrected chi connectivity index (χ2v) is 3.24. The third kappa shape index (κ3) is 3.41. The monoisotopic (exact) mass is 179 g/mol. The molecule has 1 aliphatic carbocycles. The van der Waals surface area contributed by atoms with Crippen molar-refractivity contribution in [3.8, 4) is 0 Å². The van der Waals surface area contributed by atoms with Gasteiger partial charge >= 0.3 is 0 Å². The fourth-order valence-corrected chi connectivity index (χ4v) is 1.71. The zero-order chi connectivity index (χ0) is 7.40. The van der Waals surface area contributed by atoms with Crippen molar-refractivity contribution < 1.29 is 5.11 Å². The summed E-state index contributed by atoms with van der Waals surface area (Å²) < 4.78 is 0. The Hall–Kier alpha value is 0.210. The second-order valence-electron chi connectivity index (χ2n) is 3.24. The van der Waals surface area contributed by atoms with Crippen molar-refractivity contribution in [2.75, 3.05) is 6.61 Å². The molecule has 2 nitrogen and oxygen atoms in total. The average Bonchev–Trinajstić information content (AvgIpc) is 2.05. The fourth-order valence-electron chi connectivity index (χ4n) is 1.71. The van der Waals surface area contributed by atoms with Crippen LogP contribution >= 0.6 is 12.4 Å². The minimum atomic E-state index is 0. The van der Waals surface area contributed by atoms with E-state index >= 15 is 0 Å². The van der Waals surface area contributed by atoms with Gasteiger partial charge in [-0.3, -0.25) is 0 Å². The van der Waals surface area contributed by atoms with Crippen LogP contribution in [0, 0.1) is 5.92 Å². The highest BCUT2D eigenvalue weighted by molar-refractivity contribution is 5.85. The van der Waals surface area contributed by atoms with Crippen LogP contribution in [-0.4, -0.2) is 17.8 Å². The first kappa shape index (κ1) is 11.2. The van der Waals surface area contributed by atoms with E-state index in [-0.39, 0.29) is 25.1 Å². The first-order chi connectivity index (χ1) is 4.84. The normalized spacial score (nSPS) is 22.4. The maximum absolute atomic E-state index is 8.76. The van der Waals surface area contributed by atoms with Gasteiger partial charge in [0.25, 0.3) is 0 Å². The molecule has 1 saturated carbocycles. The van der Waals surface area contributed by atoms with Crippen LogP contribution in [0.25, 0.3) is 0 Å². The molecule has 0 aliphatic heterocycles. The van der Waals surface area contributed by atoms with Crippen LogP contribution in [0.15, 0.2) is 0 Å². The Morgan fingerprint density at radius 1 is 1.27 bits per heavy atom. The highest BCUT2D eigenvalue weighted by Gasteiger charge is 2.18. The quantitative estimate of drug-likeness (QED) is 0.672. The SMILES string of the molecule is Cl.N[C@H](CO)C1CCCCC1. The van der Waals surface area contributed by atoms with Crippen molar-refractivity contribution >= 4 is 12.4 Å². The van der Waals surface area contributed by atoms with Crippen molar-refractivity contribution in [3.05, 3.63) is 0 Å². The van der Waals surface area contributed by atoms with E-state index in [9.17, 15) is 0 Å². The Bertz CT molecular complexity index is 94.1. The van der Waals surface area contributed by atoms with Gasteiger partial charge in [-0.1, -0.05) is 19.3 Å². The predicted molar refractivity (Wildman–Crippen MR) is 48.9 cm³/mol. The molecular formula is C8H18ClNO. The molecule has 1 atom stereocenters. The van der Waals surface area contributed by atoms with E-state index < -0.39 is 0 Å². The van der Waals surface area contributed by atoms with E-state index in [1.54, 1.807) is 0 Å². The number of hydrogen-bond donors (Lipinski definition) is 2. The van der Waals surface area contributed by atoms with Crippen LogP contribution in [0.4, 0.5) is 0 Å². The number of halogens is 1. The zero-order valence-corrected chi connectivity index (χ0v) is 7.65. The Morgan fingerprint density at radius 2 is 1.82 bits per heavy atom. The summed E-state index contributed by atoms with van der Waals surface area (Å²) in [5.41, 5.74) is 5.70. The van der Waals surface area contributed by atoms with Crippen LogP contribution in [0.1, 0.15) is 32.1 Å². The van der Waals surface area contributed by atoms with Gasteiger partial charge in [0.1, 0.15) is 0 Å².